The molecule has 0 N–H and O–H groups in total. The minimum absolute atomic E-state index is 0.00306. The normalized spacial score (nSPS) is 10.2. The molecule has 0 heterocycles. The third kappa shape index (κ3) is 2.36. The zero-order chi connectivity index (χ0) is 7.56. The van der Waals surface area contributed by atoms with Crippen LogP contribution in [0.25, 0.3) is 0 Å². The van der Waals surface area contributed by atoms with Gasteiger partial charge in [-0.15, -0.1) is 4.90 Å². The van der Waals surface area contributed by atoms with Crippen molar-refractivity contribution in [2.24, 2.45) is 0 Å². The van der Waals surface area contributed by atoms with Gasteiger partial charge in [0.25, 0.3) is 0 Å². The van der Waals surface area contributed by atoms with E-state index in [1.54, 1.807) is 0 Å². The molecule has 0 aliphatic carbocycles. The Morgan fingerprint density at radius 3 is 2.00 bits per heavy atom. The monoisotopic (exact) mass is 251 g/mol. The predicted octanol–water partition coefficient (Wildman–Crippen LogP) is 3.54. The Morgan fingerprint density at radius 2 is 1.60 bits per heavy atom. The molecule has 0 aliphatic heterocycles. The molecule has 1 aromatic rings. The Balaban J connectivity index is 3.12. The number of hydrogen-bond acceptors (Lipinski definition) is 1. The zero-order valence-corrected chi connectivity index (χ0v) is 9.50. The predicted molar refractivity (Wildman–Crippen MR) is 56.4 cm³/mol. The summed E-state index contributed by atoms with van der Waals surface area (Å²) in [4.78, 5) is 1.25. The topological polar surface area (TPSA) is 0 Å². The largest absolute Gasteiger partial charge is 0.401 e. The van der Waals surface area contributed by atoms with Crippen LogP contribution in [0.15, 0.2) is 33.6 Å². The Bertz CT molecular complexity index is 281. The lowest BCUT2D eigenvalue weighted by Gasteiger charge is -2.04. The van der Waals surface area contributed by atoms with Gasteiger partial charge in [-0.3, -0.25) is 16.0 Å². The summed E-state index contributed by atoms with van der Waals surface area (Å²) < 4.78 is 1.11. The second kappa shape index (κ2) is 3.88. The van der Waals surface area contributed by atoms with Crippen LogP contribution in [0.3, 0.4) is 0 Å². The van der Waals surface area contributed by atoms with E-state index in [0.717, 1.165) is 4.47 Å². The van der Waals surface area contributed by atoms with Crippen molar-refractivity contribution in [3.05, 3.63) is 28.7 Å². The van der Waals surface area contributed by atoms with Crippen molar-refractivity contribution in [2.75, 3.05) is 0 Å². The van der Waals surface area contributed by atoms with Crippen molar-refractivity contribution >= 4 is 41.2 Å². The van der Waals surface area contributed by atoms with Crippen LogP contribution in [0.5, 0.6) is 0 Å². The van der Waals surface area contributed by atoms with E-state index < -0.39 is 0 Å². The Morgan fingerprint density at radius 1 is 1.10 bits per heavy atom. The standard InChI is InChI=1S/C6H6BrP2S/c7-5-1-3-6(4-2-5)10(8)9/h1-4,8-9H/q-1. The fourth-order valence-electron chi connectivity index (χ4n) is 0.571. The summed E-state index contributed by atoms with van der Waals surface area (Å²) in [5.41, 5.74) is 0. The first kappa shape index (κ1) is 8.74. The molecule has 0 fully saturated rings. The van der Waals surface area contributed by atoms with Crippen molar-refractivity contribution < 1.29 is 0 Å². The third-order valence-corrected chi connectivity index (χ3v) is 3.74. The highest BCUT2D eigenvalue weighted by Gasteiger charge is 1.80. The molecule has 0 spiro atoms. The number of halogens is 1. The van der Waals surface area contributed by atoms with Crippen LogP contribution in [0.4, 0.5) is 0 Å². The summed E-state index contributed by atoms with van der Waals surface area (Å²) >= 11 is 3.37. The fourth-order valence-corrected chi connectivity index (χ4v) is 2.06. The van der Waals surface area contributed by atoms with Crippen LogP contribution in [-0.2, 0) is 9.25 Å². The molecule has 0 unspecified atom stereocenters. The molecule has 0 saturated carbocycles. The average molecular weight is 252 g/mol. The van der Waals surface area contributed by atoms with Gasteiger partial charge in [-0.05, 0) is 12.1 Å². The Kier molecular flexibility index (Phi) is 3.39. The van der Waals surface area contributed by atoms with Gasteiger partial charge >= 0.3 is 0 Å². The summed E-state index contributed by atoms with van der Waals surface area (Å²) in [6.45, 7) is 0. The summed E-state index contributed by atoms with van der Waals surface area (Å²) in [7, 11) is 6.97. The molecule has 1 aromatic carbocycles. The Hall–Kier alpha value is 0.650. The summed E-state index contributed by atoms with van der Waals surface area (Å²) in [5, 5.41) is 0. The molecule has 0 radical (unpaired) electrons. The minimum Gasteiger partial charge on any atom is -0.401 e. The Labute approximate surface area is 74.8 Å². The lowest BCUT2D eigenvalue weighted by molar-refractivity contribution is 1.45. The second-order valence-corrected chi connectivity index (χ2v) is 7.43. The van der Waals surface area contributed by atoms with E-state index in [2.05, 4.69) is 44.1 Å². The van der Waals surface area contributed by atoms with Gasteiger partial charge in [-0.1, -0.05) is 28.1 Å². The van der Waals surface area contributed by atoms with E-state index in [1.165, 1.54) is 4.90 Å². The molecule has 10 heavy (non-hydrogen) atoms. The highest BCUT2D eigenvalue weighted by Crippen LogP contribution is 2.13. The molecule has 0 amide bonds. The third-order valence-electron chi connectivity index (χ3n) is 1.05. The first-order valence-corrected chi connectivity index (χ1v) is 7.09. The van der Waals surface area contributed by atoms with Crippen LogP contribution in [0.2, 0.25) is 0 Å². The van der Waals surface area contributed by atoms with Gasteiger partial charge in [0.2, 0.25) is 0 Å². The van der Waals surface area contributed by atoms with Crippen LogP contribution in [0.1, 0.15) is 0 Å². The van der Waals surface area contributed by atoms with Gasteiger partial charge in [-0.2, -0.15) is 0 Å². The van der Waals surface area contributed by atoms with Crippen LogP contribution in [-0.4, -0.2) is 0 Å². The maximum Gasteiger partial charge on any atom is 0.0174 e. The number of hydrogen-bond donors (Lipinski definition) is 0. The smallest absolute Gasteiger partial charge is 0.0174 e. The minimum atomic E-state index is 0.00306. The van der Waals surface area contributed by atoms with E-state index in [0.29, 0.717) is 0 Å². The van der Waals surface area contributed by atoms with E-state index >= 15 is 0 Å². The van der Waals surface area contributed by atoms with Gasteiger partial charge in [0.05, 0.1) is 0 Å². The maximum absolute atomic E-state index is 3.48. The van der Waals surface area contributed by atoms with Gasteiger partial charge in [-0.25, -0.2) is 0 Å². The lowest BCUT2D eigenvalue weighted by atomic mass is 10.4. The van der Waals surface area contributed by atoms with Crippen molar-refractivity contribution in [3.8, 4) is 0 Å². The first-order valence-electron chi connectivity index (χ1n) is 2.62. The molecule has 0 saturated heterocycles. The molecule has 0 nitrogen and oxygen atoms in total. The van der Waals surface area contributed by atoms with Gasteiger partial charge in [0.15, 0.2) is 0 Å². The fraction of sp³-hybridized carbons (Fsp3) is 0. The van der Waals surface area contributed by atoms with E-state index in [1.807, 2.05) is 12.1 Å². The number of rotatable bonds is 1. The van der Waals surface area contributed by atoms with E-state index in [-0.39, 0.29) is 9.25 Å². The summed E-state index contributed by atoms with van der Waals surface area (Å²) in [6, 6.07) is 8.17. The molecule has 4 heteroatoms. The highest BCUT2D eigenvalue weighted by atomic mass is 79.9. The van der Waals surface area contributed by atoms with Crippen LogP contribution < -0.4 is 0 Å². The molecule has 0 aliphatic rings. The van der Waals surface area contributed by atoms with Crippen molar-refractivity contribution in [2.45, 2.75) is 4.90 Å². The summed E-state index contributed by atoms with van der Waals surface area (Å²) in [5.74, 6) is 0. The first-order chi connectivity index (χ1) is 4.70. The molecule has 1 rings (SSSR count). The SMILES string of the molecule is P=[S-](=P)c1ccc(Br)cc1. The zero-order valence-electron chi connectivity index (χ0n) is 5.10. The van der Waals surface area contributed by atoms with Gasteiger partial charge in [0, 0.05) is 4.47 Å². The maximum atomic E-state index is 3.48. The molecule has 0 aromatic heterocycles. The highest BCUT2D eigenvalue weighted by molar-refractivity contribution is 9.10. The molecular formula is C6H6BrP2S-. The lowest BCUT2D eigenvalue weighted by Crippen LogP contribution is -1.70. The molecule has 0 atom stereocenters. The molecule has 0 bridgehead atoms. The van der Waals surface area contributed by atoms with Crippen molar-refractivity contribution in [1.29, 1.82) is 0 Å². The average Bonchev–Trinajstić information content (AvgIpc) is 1.88. The van der Waals surface area contributed by atoms with Crippen molar-refractivity contribution in [3.63, 3.8) is 0 Å². The second-order valence-electron chi connectivity index (χ2n) is 1.76. The van der Waals surface area contributed by atoms with Gasteiger partial charge < -0.3 is 9.25 Å². The van der Waals surface area contributed by atoms with Crippen LogP contribution in [0, 0.1) is 0 Å². The van der Waals surface area contributed by atoms with Gasteiger partial charge in [0.1, 0.15) is 0 Å². The molecule has 54 valence electrons. The quantitative estimate of drug-likeness (QED) is 0.529. The van der Waals surface area contributed by atoms with Crippen molar-refractivity contribution in [1.82, 2.24) is 0 Å². The number of benzene rings is 1. The summed E-state index contributed by atoms with van der Waals surface area (Å²) in [6.07, 6.45) is 0. The van der Waals surface area contributed by atoms with E-state index in [4.69, 9.17) is 0 Å². The van der Waals surface area contributed by atoms with E-state index in [9.17, 15) is 0 Å². The molecular weight excluding hydrogens is 246 g/mol. The van der Waals surface area contributed by atoms with Crippen LogP contribution >= 0.6 is 32.0 Å².